The van der Waals surface area contributed by atoms with E-state index in [4.69, 9.17) is 5.73 Å². The molecule has 0 aliphatic heterocycles. The molecule has 6 nitrogen and oxygen atoms in total. The maximum absolute atomic E-state index is 13.4. The van der Waals surface area contributed by atoms with Crippen LogP contribution in [-0.2, 0) is 0 Å². The lowest BCUT2D eigenvalue weighted by atomic mass is 10.1. The van der Waals surface area contributed by atoms with Gasteiger partial charge in [-0.25, -0.2) is 8.78 Å². The zero-order valence-electron chi connectivity index (χ0n) is 10.5. The van der Waals surface area contributed by atoms with Crippen molar-refractivity contribution in [2.24, 2.45) is 0 Å². The van der Waals surface area contributed by atoms with Gasteiger partial charge in [0, 0.05) is 11.6 Å². The third-order valence-electron chi connectivity index (χ3n) is 2.69. The summed E-state index contributed by atoms with van der Waals surface area (Å²) in [6.07, 6.45) is 0. The number of nitrogens with one attached hydrogen (secondary N) is 1. The number of nitrogens with two attached hydrogens (primary N) is 1. The highest BCUT2D eigenvalue weighted by Gasteiger charge is 2.18. The predicted molar refractivity (Wildman–Crippen MR) is 71.8 cm³/mol. The van der Waals surface area contributed by atoms with Gasteiger partial charge in [-0.05, 0) is 24.3 Å². The number of hydrogen-bond donors (Lipinski definition) is 2. The number of nitro groups is 1. The fraction of sp³-hybridized carbons (Fsp3) is 0. The molecule has 1 amide bonds. The second kappa shape index (κ2) is 5.53. The zero-order chi connectivity index (χ0) is 15.6. The van der Waals surface area contributed by atoms with E-state index in [1.165, 1.54) is 12.1 Å². The summed E-state index contributed by atoms with van der Waals surface area (Å²) in [6, 6.07) is 6.42. The first-order valence-corrected chi connectivity index (χ1v) is 5.69. The van der Waals surface area contributed by atoms with Gasteiger partial charge in [0.05, 0.1) is 4.92 Å². The van der Waals surface area contributed by atoms with E-state index < -0.39 is 33.8 Å². The largest absolute Gasteiger partial charge is 0.393 e. The molecule has 21 heavy (non-hydrogen) atoms. The first kappa shape index (κ1) is 14.4. The van der Waals surface area contributed by atoms with E-state index in [1.54, 1.807) is 0 Å². The Labute approximate surface area is 117 Å². The molecule has 0 spiro atoms. The summed E-state index contributed by atoms with van der Waals surface area (Å²) >= 11 is 0. The van der Waals surface area contributed by atoms with Crippen LogP contribution in [0.3, 0.4) is 0 Å². The number of carbonyl (C=O) groups excluding carboxylic acids is 1. The molecule has 0 bridgehead atoms. The van der Waals surface area contributed by atoms with E-state index in [0.717, 1.165) is 24.3 Å². The van der Waals surface area contributed by atoms with E-state index in [2.05, 4.69) is 0 Å². The van der Waals surface area contributed by atoms with Crippen LogP contribution < -0.4 is 11.1 Å². The van der Waals surface area contributed by atoms with Crippen LogP contribution in [0.15, 0.2) is 36.4 Å². The molecule has 2 aromatic rings. The SMILES string of the molecule is Nc1ccc(C(=O)Nc2c(F)cccc2F)cc1[N+](=O)[O-]. The van der Waals surface area contributed by atoms with Crippen molar-refractivity contribution in [1.29, 1.82) is 0 Å². The lowest BCUT2D eigenvalue weighted by Gasteiger charge is -2.07. The molecule has 2 rings (SSSR count). The molecule has 0 aliphatic carbocycles. The third-order valence-corrected chi connectivity index (χ3v) is 2.69. The molecule has 0 atom stereocenters. The number of nitrogens with zero attached hydrogens (tertiary/aromatic N) is 1. The fourth-order valence-corrected chi connectivity index (χ4v) is 1.65. The summed E-state index contributed by atoms with van der Waals surface area (Å²) in [7, 11) is 0. The number of rotatable bonds is 3. The Kier molecular flexibility index (Phi) is 3.79. The van der Waals surface area contributed by atoms with Crippen LogP contribution in [0.1, 0.15) is 10.4 Å². The van der Waals surface area contributed by atoms with Gasteiger partial charge < -0.3 is 11.1 Å². The topological polar surface area (TPSA) is 98.3 Å². The molecule has 2 aromatic carbocycles. The van der Waals surface area contributed by atoms with Crippen molar-refractivity contribution in [3.8, 4) is 0 Å². The van der Waals surface area contributed by atoms with Crippen LogP contribution in [0, 0.1) is 21.7 Å². The van der Waals surface area contributed by atoms with E-state index in [0.29, 0.717) is 0 Å². The molecule has 0 aromatic heterocycles. The molecule has 0 radical (unpaired) electrons. The number of anilines is 2. The van der Waals surface area contributed by atoms with Gasteiger partial charge in [-0.1, -0.05) is 6.07 Å². The summed E-state index contributed by atoms with van der Waals surface area (Å²) in [5.41, 5.74) is 4.06. The van der Waals surface area contributed by atoms with Crippen molar-refractivity contribution in [2.45, 2.75) is 0 Å². The maximum atomic E-state index is 13.4. The molecule has 3 N–H and O–H groups in total. The fourth-order valence-electron chi connectivity index (χ4n) is 1.65. The summed E-state index contributed by atoms with van der Waals surface area (Å²) in [5, 5.41) is 12.8. The lowest BCUT2D eigenvalue weighted by Crippen LogP contribution is -2.14. The van der Waals surface area contributed by atoms with Crippen molar-refractivity contribution in [3.63, 3.8) is 0 Å². The quantitative estimate of drug-likeness (QED) is 0.516. The Morgan fingerprint density at radius 2 is 1.81 bits per heavy atom. The van der Waals surface area contributed by atoms with Crippen LogP contribution in [0.4, 0.5) is 25.8 Å². The van der Waals surface area contributed by atoms with Gasteiger partial charge in [-0.2, -0.15) is 0 Å². The highest BCUT2D eigenvalue weighted by Crippen LogP contribution is 2.24. The standard InChI is InChI=1S/C13H9F2N3O3/c14-8-2-1-3-9(15)12(8)17-13(19)7-4-5-10(16)11(6-7)18(20)21/h1-6H,16H2,(H,17,19). The number of amides is 1. The van der Waals surface area contributed by atoms with Gasteiger partial charge in [0.2, 0.25) is 0 Å². The Morgan fingerprint density at radius 3 is 2.38 bits per heavy atom. The minimum absolute atomic E-state index is 0.117. The molecule has 0 heterocycles. The molecule has 0 aliphatic rings. The highest BCUT2D eigenvalue weighted by atomic mass is 19.1. The molecular weight excluding hydrogens is 284 g/mol. The van der Waals surface area contributed by atoms with Crippen LogP contribution in [0.5, 0.6) is 0 Å². The number of nitro benzene ring substituents is 1. The minimum atomic E-state index is -0.951. The van der Waals surface area contributed by atoms with Crippen molar-refractivity contribution >= 4 is 23.0 Å². The number of para-hydroxylation sites is 1. The molecule has 0 unspecified atom stereocenters. The molecule has 0 saturated heterocycles. The van der Waals surface area contributed by atoms with Gasteiger partial charge in [-0.15, -0.1) is 0 Å². The van der Waals surface area contributed by atoms with Gasteiger partial charge in [0.1, 0.15) is 23.0 Å². The lowest BCUT2D eigenvalue weighted by molar-refractivity contribution is -0.383. The smallest absolute Gasteiger partial charge is 0.292 e. The Morgan fingerprint density at radius 1 is 1.19 bits per heavy atom. The minimum Gasteiger partial charge on any atom is -0.393 e. The molecule has 8 heteroatoms. The van der Waals surface area contributed by atoms with Crippen LogP contribution in [0.2, 0.25) is 0 Å². The van der Waals surface area contributed by atoms with Gasteiger partial charge >= 0.3 is 0 Å². The average molecular weight is 293 g/mol. The van der Waals surface area contributed by atoms with Gasteiger partial charge in [0.15, 0.2) is 0 Å². The van der Waals surface area contributed by atoms with Crippen molar-refractivity contribution in [2.75, 3.05) is 11.1 Å². The number of hydrogen-bond acceptors (Lipinski definition) is 4. The van der Waals surface area contributed by atoms with E-state index in [9.17, 15) is 23.7 Å². The zero-order valence-corrected chi connectivity index (χ0v) is 10.5. The average Bonchev–Trinajstić information content (AvgIpc) is 2.43. The number of carbonyl (C=O) groups is 1. The Bertz CT molecular complexity index is 714. The van der Waals surface area contributed by atoms with Crippen molar-refractivity contribution in [1.82, 2.24) is 0 Å². The predicted octanol–water partition coefficient (Wildman–Crippen LogP) is 2.71. The van der Waals surface area contributed by atoms with E-state index in [-0.39, 0.29) is 11.3 Å². The van der Waals surface area contributed by atoms with Crippen LogP contribution >= 0.6 is 0 Å². The normalized spacial score (nSPS) is 10.2. The van der Waals surface area contributed by atoms with Crippen LogP contribution in [-0.4, -0.2) is 10.8 Å². The summed E-state index contributed by atoms with van der Waals surface area (Å²) < 4.78 is 26.8. The second-order valence-electron chi connectivity index (χ2n) is 4.08. The van der Waals surface area contributed by atoms with E-state index >= 15 is 0 Å². The van der Waals surface area contributed by atoms with Gasteiger partial charge in [-0.3, -0.25) is 14.9 Å². The first-order valence-electron chi connectivity index (χ1n) is 5.69. The number of halogens is 2. The summed E-state index contributed by atoms with van der Waals surface area (Å²) in [4.78, 5) is 21.9. The maximum Gasteiger partial charge on any atom is 0.292 e. The molecule has 0 fully saturated rings. The Hall–Kier alpha value is -3.03. The number of benzene rings is 2. The van der Waals surface area contributed by atoms with Crippen LogP contribution in [0.25, 0.3) is 0 Å². The first-order chi connectivity index (χ1) is 9.90. The highest BCUT2D eigenvalue weighted by molar-refractivity contribution is 6.05. The van der Waals surface area contributed by atoms with Gasteiger partial charge in [0.25, 0.3) is 11.6 Å². The van der Waals surface area contributed by atoms with Crippen molar-refractivity contribution in [3.05, 3.63) is 63.7 Å². The van der Waals surface area contributed by atoms with Crippen molar-refractivity contribution < 1.29 is 18.5 Å². The summed E-state index contributed by atoms with van der Waals surface area (Å²) in [5.74, 6) is -2.79. The monoisotopic (exact) mass is 293 g/mol. The molecule has 108 valence electrons. The second-order valence-corrected chi connectivity index (χ2v) is 4.08. The van der Waals surface area contributed by atoms with E-state index in [1.807, 2.05) is 5.32 Å². The molecular formula is C13H9F2N3O3. The summed E-state index contributed by atoms with van der Waals surface area (Å²) in [6.45, 7) is 0. The third kappa shape index (κ3) is 2.94. The Balaban J connectivity index is 2.33. The number of nitrogen functional groups attached to an aromatic ring is 1. The molecule has 0 saturated carbocycles.